The Morgan fingerprint density at radius 3 is 2.72 bits per heavy atom. The number of hydrazone groups is 1. The van der Waals surface area contributed by atoms with Gasteiger partial charge in [-0.2, -0.15) is 5.10 Å². The number of ether oxygens (including phenoxy) is 2. The molecule has 9 heteroatoms. The van der Waals surface area contributed by atoms with Gasteiger partial charge in [0.25, 0.3) is 11.5 Å². The summed E-state index contributed by atoms with van der Waals surface area (Å²) in [6, 6.07) is 16.8. The lowest BCUT2D eigenvalue weighted by Crippen LogP contribution is -2.29. The molecule has 0 bridgehead atoms. The van der Waals surface area contributed by atoms with Gasteiger partial charge < -0.3 is 9.47 Å². The van der Waals surface area contributed by atoms with Gasteiger partial charge in [0, 0.05) is 16.5 Å². The number of hydrogen-bond donors (Lipinski definition) is 1. The smallest absolute Gasteiger partial charge is 0.262 e. The van der Waals surface area contributed by atoms with E-state index < -0.39 is 5.91 Å². The van der Waals surface area contributed by atoms with Gasteiger partial charge in [0.1, 0.15) is 22.9 Å². The minimum absolute atomic E-state index is 0.199. The molecule has 0 aliphatic heterocycles. The number of benzene rings is 2. The number of nitrogens with zero attached hydrogens (tertiary/aromatic N) is 3. The van der Waals surface area contributed by atoms with Crippen molar-refractivity contribution in [2.75, 3.05) is 14.2 Å². The highest BCUT2D eigenvalue weighted by molar-refractivity contribution is 7.21. The molecule has 0 aliphatic carbocycles. The van der Waals surface area contributed by atoms with E-state index in [0.717, 1.165) is 10.4 Å². The predicted octanol–water partition coefficient (Wildman–Crippen LogP) is 3.29. The zero-order valence-corrected chi connectivity index (χ0v) is 18.3. The molecule has 162 valence electrons. The molecule has 32 heavy (non-hydrogen) atoms. The molecule has 0 atom stereocenters. The Hall–Kier alpha value is -3.98. The Morgan fingerprint density at radius 1 is 1.16 bits per heavy atom. The molecule has 0 radical (unpaired) electrons. The Balaban J connectivity index is 1.47. The number of nitrogens with one attached hydrogen (secondary N) is 1. The molecular formula is C23H20N4O4S. The molecular weight excluding hydrogens is 428 g/mol. The summed E-state index contributed by atoms with van der Waals surface area (Å²) in [5, 5.41) is 4.44. The van der Waals surface area contributed by atoms with E-state index in [4.69, 9.17) is 9.47 Å². The average Bonchev–Trinajstić information content (AvgIpc) is 3.27. The number of hydrogen-bond acceptors (Lipinski definition) is 7. The van der Waals surface area contributed by atoms with E-state index in [-0.39, 0.29) is 12.1 Å². The summed E-state index contributed by atoms with van der Waals surface area (Å²) in [6.07, 6.45) is 2.84. The third kappa shape index (κ3) is 4.52. The molecule has 2 heterocycles. The lowest BCUT2D eigenvalue weighted by atomic mass is 10.2. The lowest BCUT2D eigenvalue weighted by molar-refractivity contribution is -0.121. The molecule has 0 aliphatic rings. The van der Waals surface area contributed by atoms with Gasteiger partial charge in [-0.1, -0.05) is 30.3 Å². The quantitative estimate of drug-likeness (QED) is 0.346. The second-order valence-electron chi connectivity index (χ2n) is 6.77. The number of carbonyl (C=O) groups is 1. The Morgan fingerprint density at radius 2 is 1.97 bits per heavy atom. The zero-order chi connectivity index (χ0) is 22.5. The van der Waals surface area contributed by atoms with E-state index in [1.54, 1.807) is 25.3 Å². The highest BCUT2D eigenvalue weighted by Gasteiger charge is 2.12. The second-order valence-corrected chi connectivity index (χ2v) is 7.80. The van der Waals surface area contributed by atoms with Crippen molar-refractivity contribution in [1.29, 1.82) is 0 Å². The summed E-state index contributed by atoms with van der Waals surface area (Å²) < 4.78 is 11.7. The predicted molar refractivity (Wildman–Crippen MR) is 125 cm³/mol. The van der Waals surface area contributed by atoms with Crippen molar-refractivity contribution in [3.8, 4) is 21.9 Å². The van der Waals surface area contributed by atoms with E-state index in [2.05, 4.69) is 15.5 Å². The van der Waals surface area contributed by atoms with Gasteiger partial charge in [-0.25, -0.2) is 10.4 Å². The van der Waals surface area contributed by atoms with Crippen LogP contribution >= 0.6 is 11.3 Å². The van der Waals surface area contributed by atoms with Crippen molar-refractivity contribution >= 4 is 33.7 Å². The maximum Gasteiger partial charge on any atom is 0.262 e. The maximum atomic E-state index is 12.8. The van der Waals surface area contributed by atoms with E-state index >= 15 is 0 Å². The molecule has 4 rings (SSSR count). The van der Waals surface area contributed by atoms with Crippen LogP contribution in [0.4, 0.5) is 0 Å². The van der Waals surface area contributed by atoms with E-state index in [0.29, 0.717) is 27.3 Å². The van der Waals surface area contributed by atoms with Crippen molar-refractivity contribution in [1.82, 2.24) is 15.0 Å². The van der Waals surface area contributed by atoms with Crippen LogP contribution in [0.5, 0.6) is 11.5 Å². The van der Waals surface area contributed by atoms with Gasteiger partial charge in [-0.15, -0.1) is 11.3 Å². The van der Waals surface area contributed by atoms with Gasteiger partial charge in [0.2, 0.25) is 0 Å². The van der Waals surface area contributed by atoms with Crippen molar-refractivity contribution in [2.45, 2.75) is 6.54 Å². The van der Waals surface area contributed by atoms with Gasteiger partial charge in [0.15, 0.2) is 0 Å². The number of carbonyl (C=O) groups excluding carboxylic acids is 1. The average molecular weight is 449 g/mol. The van der Waals surface area contributed by atoms with Gasteiger partial charge >= 0.3 is 0 Å². The molecule has 0 unspecified atom stereocenters. The van der Waals surface area contributed by atoms with E-state index in [9.17, 15) is 9.59 Å². The number of amides is 1. The van der Waals surface area contributed by atoms with E-state index in [1.165, 1.54) is 35.6 Å². The number of aromatic nitrogens is 2. The number of fused-ring (bicyclic) bond motifs is 1. The molecule has 4 aromatic rings. The third-order valence-electron chi connectivity index (χ3n) is 4.72. The van der Waals surface area contributed by atoms with Gasteiger partial charge in [0.05, 0.1) is 32.1 Å². The summed E-state index contributed by atoms with van der Waals surface area (Å²) >= 11 is 1.44. The topological polar surface area (TPSA) is 94.8 Å². The van der Waals surface area contributed by atoms with Crippen molar-refractivity contribution in [3.63, 3.8) is 0 Å². The van der Waals surface area contributed by atoms with Crippen LogP contribution in [-0.4, -0.2) is 35.9 Å². The summed E-state index contributed by atoms with van der Waals surface area (Å²) in [5.41, 5.74) is 3.83. The molecule has 0 saturated heterocycles. The first-order valence-corrected chi connectivity index (χ1v) is 10.5. The fraction of sp³-hybridized carbons (Fsp3) is 0.130. The second kappa shape index (κ2) is 9.44. The normalized spacial score (nSPS) is 11.1. The van der Waals surface area contributed by atoms with Crippen LogP contribution in [-0.2, 0) is 11.3 Å². The number of methoxy groups -OCH3 is 2. The molecule has 2 aromatic heterocycles. The fourth-order valence-electron chi connectivity index (χ4n) is 3.11. The fourth-order valence-corrected chi connectivity index (χ4v) is 4.10. The van der Waals surface area contributed by atoms with Crippen LogP contribution in [0.3, 0.4) is 0 Å². The van der Waals surface area contributed by atoms with Crippen LogP contribution in [0.1, 0.15) is 5.56 Å². The van der Waals surface area contributed by atoms with Crippen LogP contribution in [0, 0.1) is 0 Å². The van der Waals surface area contributed by atoms with Crippen LogP contribution in [0.25, 0.3) is 20.7 Å². The van der Waals surface area contributed by atoms with Crippen LogP contribution in [0.2, 0.25) is 0 Å². The molecule has 0 spiro atoms. The van der Waals surface area contributed by atoms with Crippen molar-refractivity contribution in [2.24, 2.45) is 5.10 Å². The Bertz CT molecular complexity index is 1350. The first kappa shape index (κ1) is 21.3. The van der Waals surface area contributed by atoms with Crippen molar-refractivity contribution < 1.29 is 14.3 Å². The minimum Gasteiger partial charge on any atom is -0.497 e. The van der Waals surface area contributed by atoms with Crippen LogP contribution < -0.4 is 20.5 Å². The zero-order valence-electron chi connectivity index (χ0n) is 17.4. The van der Waals surface area contributed by atoms with Gasteiger partial charge in [-0.3, -0.25) is 14.2 Å². The Labute approximate surface area is 187 Å². The summed E-state index contributed by atoms with van der Waals surface area (Å²) in [4.78, 5) is 31.1. The maximum absolute atomic E-state index is 12.8. The van der Waals surface area contributed by atoms with Gasteiger partial charge in [-0.05, 0) is 23.8 Å². The highest BCUT2D eigenvalue weighted by atomic mass is 32.1. The first-order valence-electron chi connectivity index (χ1n) is 9.67. The largest absolute Gasteiger partial charge is 0.497 e. The monoisotopic (exact) mass is 448 g/mol. The summed E-state index contributed by atoms with van der Waals surface area (Å²) in [7, 11) is 3.10. The summed E-state index contributed by atoms with van der Waals surface area (Å²) in [6.45, 7) is -0.199. The molecule has 0 saturated carbocycles. The number of thiophene rings is 1. The third-order valence-corrected chi connectivity index (χ3v) is 5.82. The number of rotatable bonds is 7. The summed E-state index contributed by atoms with van der Waals surface area (Å²) in [5.74, 6) is 0.754. The molecule has 8 nitrogen and oxygen atoms in total. The Kier molecular flexibility index (Phi) is 6.27. The van der Waals surface area contributed by atoms with E-state index in [1.807, 2.05) is 36.4 Å². The lowest BCUT2D eigenvalue weighted by Gasteiger charge is -2.07. The standard InChI is InChI=1S/C23H20N4O4S/c1-30-17-9-8-16(19(10-17)31-2)12-25-26-21(28)13-27-14-24-22-18(23(27)29)11-20(32-22)15-6-4-3-5-7-15/h3-12,14H,13H2,1-2H3,(H,26,28). The first-order chi connectivity index (χ1) is 15.6. The SMILES string of the molecule is COc1ccc(C=NNC(=O)Cn2cnc3sc(-c4ccccc4)cc3c2=O)c(OC)c1. The van der Waals surface area contributed by atoms with Crippen molar-refractivity contribution in [3.05, 3.63) is 76.8 Å². The molecule has 1 N–H and O–H groups in total. The van der Waals surface area contributed by atoms with Crippen LogP contribution in [0.15, 0.2) is 70.8 Å². The molecule has 2 aromatic carbocycles. The minimum atomic E-state index is -0.449. The highest BCUT2D eigenvalue weighted by Crippen LogP contribution is 2.30. The molecule has 1 amide bonds. The molecule has 0 fully saturated rings.